The van der Waals surface area contributed by atoms with E-state index in [1.165, 1.54) is 24.3 Å². The maximum atomic E-state index is 15.3. The van der Waals surface area contributed by atoms with Crippen LogP contribution in [0.4, 0.5) is 8.78 Å². The fourth-order valence-corrected chi connectivity index (χ4v) is 6.02. The lowest BCUT2D eigenvalue weighted by atomic mass is 9.95. The molecule has 0 spiro atoms. The molecule has 3 aromatic rings. The minimum atomic E-state index is -1.86. The van der Waals surface area contributed by atoms with Crippen molar-refractivity contribution in [1.29, 1.82) is 0 Å². The van der Waals surface area contributed by atoms with Gasteiger partial charge in [-0.15, -0.1) is 0 Å². The van der Waals surface area contributed by atoms with Crippen molar-refractivity contribution in [3.63, 3.8) is 0 Å². The number of phenolic OH excluding ortho intramolecular Hbond substituents is 1. The number of aromatic hydroxyl groups is 1. The number of rotatable bonds is 7. The molecule has 4 rings (SSSR count). The maximum Gasteiger partial charge on any atom is 0.248 e. The van der Waals surface area contributed by atoms with Gasteiger partial charge in [-0.25, -0.2) is 8.78 Å². The number of carbonyl (C=O) groups is 6. The van der Waals surface area contributed by atoms with Crippen molar-refractivity contribution in [3.05, 3.63) is 100 Å². The molecule has 10 N–H and O–H groups in total. The van der Waals surface area contributed by atoms with Gasteiger partial charge in [-0.1, -0.05) is 36.4 Å². The van der Waals surface area contributed by atoms with Crippen LogP contribution in [-0.4, -0.2) is 65.2 Å². The van der Waals surface area contributed by atoms with Gasteiger partial charge < -0.3 is 43.2 Å². The molecule has 14 nitrogen and oxygen atoms in total. The second-order valence-electron chi connectivity index (χ2n) is 12.9. The fraction of sp³-hybridized carbons (Fsp3) is 0.351. The van der Waals surface area contributed by atoms with Crippen molar-refractivity contribution < 1.29 is 42.7 Å². The third-order valence-electron chi connectivity index (χ3n) is 8.87. The van der Waals surface area contributed by atoms with Crippen LogP contribution >= 0.6 is 0 Å². The van der Waals surface area contributed by atoms with Crippen LogP contribution in [-0.2, 0) is 35.2 Å². The fourth-order valence-electron chi connectivity index (χ4n) is 6.02. The molecule has 6 amide bonds. The van der Waals surface area contributed by atoms with Gasteiger partial charge in [0.2, 0.25) is 35.4 Å². The predicted molar refractivity (Wildman–Crippen MR) is 188 cm³/mol. The third-order valence-corrected chi connectivity index (χ3v) is 8.87. The molecule has 1 fully saturated rings. The van der Waals surface area contributed by atoms with Gasteiger partial charge in [-0.3, -0.25) is 28.8 Å². The van der Waals surface area contributed by atoms with Crippen LogP contribution in [0.25, 0.3) is 0 Å². The molecule has 0 aromatic heterocycles. The standard InChI is InChI=1S/C37H43F2N7O7/c1-19-14-23(47)15-20(2)25(19)17-27(40)34(50)43-28-10-6-7-13-42-30(48)18-29(33(41)49)44-36(52)31(21-8-4-3-5-9-21)45-37(53)32(46-35(28)51)24-12-11-22(38)16-26(24)39/h3-5,8-9,11-12,14-16,27-29,31-32,47H,6-7,10,13,17-18,40H2,1-2H3,(H2,41,49)(H,42,48)(H,43,50)(H,44,52)(H,45,53)(H,46,51)/t27-,28+,29-,31-,32-/m0/s1. The molecule has 0 aliphatic carbocycles. The Balaban J connectivity index is 1.70. The van der Waals surface area contributed by atoms with E-state index >= 15 is 4.39 Å². The molecule has 1 heterocycles. The van der Waals surface area contributed by atoms with E-state index in [-0.39, 0.29) is 37.1 Å². The lowest BCUT2D eigenvalue weighted by Gasteiger charge is -2.27. The molecule has 0 bridgehead atoms. The number of primary amides is 1. The summed E-state index contributed by atoms with van der Waals surface area (Å²) in [6.45, 7) is 3.60. The van der Waals surface area contributed by atoms with Crippen LogP contribution < -0.4 is 38.1 Å². The number of carbonyl (C=O) groups excluding carboxylic acids is 6. The first kappa shape index (κ1) is 39.9. The molecule has 0 radical (unpaired) electrons. The van der Waals surface area contributed by atoms with Crippen molar-refractivity contribution in [2.75, 3.05) is 6.54 Å². The summed E-state index contributed by atoms with van der Waals surface area (Å²) in [7, 11) is 0. The first-order valence-electron chi connectivity index (χ1n) is 17.0. The maximum absolute atomic E-state index is 15.3. The van der Waals surface area contributed by atoms with Crippen LogP contribution in [0.5, 0.6) is 5.75 Å². The molecule has 1 aliphatic heterocycles. The van der Waals surface area contributed by atoms with Crippen LogP contribution in [0.3, 0.4) is 0 Å². The summed E-state index contributed by atoms with van der Waals surface area (Å²) in [6.07, 6.45) is 0.0669. The van der Waals surface area contributed by atoms with Gasteiger partial charge in [0.05, 0.1) is 12.5 Å². The van der Waals surface area contributed by atoms with Crippen molar-refractivity contribution >= 4 is 35.4 Å². The largest absolute Gasteiger partial charge is 0.508 e. The highest BCUT2D eigenvalue weighted by atomic mass is 19.1. The molecule has 0 unspecified atom stereocenters. The SMILES string of the molecule is Cc1cc(O)cc(C)c1C[C@H](N)C(=O)N[C@@H]1CCCCNC(=O)C[C@@H](C(N)=O)NC(=O)[C@H](c2ccccc2)NC(=O)[C@H](c2ccc(F)cc2F)NC1=O. The van der Waals surface area contributed by atoms with E-state index in [1.54, 1.807) is 32.0 Å². The first-order chi connectivity index (χ1) is 25.1. The number of hydrogen-bond acceptors (Lipinski definition) is 8. The Morgan fingerprint density at radius 3 is 2.17 bits per heavy atom. The van der Waals surface area contributed by atoms with Crippen LogP contribution in [0.15, 0.2) is 60.7 Å². The molecule has 3 aromatic carbocycles. The molecule has 53 heavy (non-hydrogen) atoms. The van der Waals surface area contributed by atoms with Crippen LogP contribution in [0, 0.1) is 25.5 Å². The normalized spacial score (nSPS) is 21.2. The number of halogens is 2. The van der Waals surface area contributed by atoms with Gasteiger partial charge in [-0.2, -0.15) is 0 Å². The Morgan fingerprint density at radius 2 is 1.53 bits per heavy atom. The molecule has 16 heteroatoms. The highest BCUT2D eigenvalue weighted by molar-refractivity contribution is 5.97. The number of benzene rings is 3. The van der Waals surface area contributed by atoms with E-state index in [0.29, 0.717) is 23.6 Å². The summed E-state index contributed by atoms with van der Waals surface area (Å²) in [5, 5.41) is 22.5. The zero-order valence-corrected chi connectivity index (χ0v) is 29.2. The number of nitrogens with one attached hydrogen (secondary N) is 5. The molecular weight excluding hydrogens is 692 g/mol. The molecular formula is C37H43F2N7O7. The van der Waals surface area contributed by atoms with Gasteiger partial charge >= 0.3 is 0 Å². The lowest BCUT2D eigenvalue weighted by molar-refractivity contribution is -0.135. The van der Waals surface area contributed by atoms with Gasteiger partial charge in [0.1, 0.15) is 41.6 Å². The Morgan fingerprint density at radius 1 is 0.887 bits per heavy atom. The average molecular weight is 736 g/mol. The molecule has 1 aliphatic rings. The van der Waals surface area contributed by atoms with Crippen molar-refractivity contribution in [2.24, 2.45) is 11.5 Å². The molecule has 0 saturated carbocycles. The first-order valence-corrected chi connectivity index (χ1v) is 17.0. The summed E-state index contributed by atoms with van der Waals surface area (Å²) in [6, 6.07) is 5.83. The van der Waals surface area contributed by atoms with Crippen molar-refractivity contribution in [3.8, 4) is 5.75 Å². The number of nitrogens with two attached hydrogens (primary N) is 2. The predicted octanol–water partition coefficient (Wildman–Crippen LogP) is 1.02. The van der Waals surface area contributed by atoms with Gasteiger partial charge in [0.25, 0.3) is 0 Å². The summed E-state index contributed by atoms with van der Waals surface area (Å²) in [5.41, 5.74) is 13.7. The van der Waals surface area contributed by atoms with E-state index in [1.807, 2.05) is 0 Å². The number of phenols is 1. The topological polar surface area (TPSA) is 235 Å². The average Bonchev–Trinajstić information content (AvgIpc) is 3.10. The zero-order valence-electron chi connectivity index (χ0n) is 29.2. The van der Waals surface area contributed by atoms with E-state index in [9.17, 15) is 38.3 Å². The van der Waals surface area contributed by atoms with E-state index in [4.69, 9.17) is 11.5 Å². The quantitative estimate of drug-likeness (QED) is 0.174. The number of amides is 6. The Bertz CT molecular complexity index is 1840. The Kier molecular flexibility index (Phi) is 13.6. The molecule has 282 valence electrons. The van der Waals surface area contributed by atoms with Gasteiger partial charge in [-0.05, 0) is 80.0 Å². The van der Waals surface area contributed by atoms with Crippen molar-refractivity contribution in [1.82, 2.24) is 26.6 Å². The summed E-state index contributed by atoms with van der Waals surface area (Å²) in [4.78, 5) is 80.0. The van der Waals surface area contributed by atoms with Gasteiger partial charge in [0.15, 0.2) is 0 Å². The second-order valence-corrected chi connectivity index (χ2v) is 12.9. The number of hydrogen-bond donors (Lipinski definition) is 8. The highest BCUT2D eigenvalue weighted by Crippen LogP contribution is 2.24. The summed E-state index contributed by atoms with van der Waals surface area (Å²) < 4.78 is 29.3. The van der Waals surface area contributed by atoms with Crippen LogP contribution in [0.2, 0.25) is 0 Å². The summed E-state index contributed by atoms with van der Waals surface area (Å²) in [5.74, 6) is -7.41. The Labute approximate surface area is 304 Å². The zero-order chi connectivity index (χ0) is 38.8. The monoisotopic (exact) mass is 735 g/mol. The van der Waals surface area contributed by atoms with Crippen LogP contribution in [0.1, 0.15) is 65.6 Å². The van der Waals surface area contributed by atoms with Crippen molar-refractivity contribution in [2.45, 2.75) is 76.2 Å². The molecule has 1 saturated heterocycles. The summed E-state index contributed by atoms with van der Waals surface area (Å²) >= 11 is 0. The number of aryl methyl sites for hydroxylation is 2. The van der Waals surface area contributed by atoms with E-state index < -0.39 is 89.3 Å². The Hall–Kier alpha value is -5.90. The molecule has 5 atom stereocenters. The highest BCUT2D eigenvalue weighted by Gasteiger charge is 2.35. The lowest BCUT2D eigenvalue weighted by Crippen LogP contribution is -2.55. The smallest absolute Gasteiger partial charge is 0.248 e. The third kappa shape index (κ3) is 10.8. The second kappa shape index (κ2) is 18.0. The minimum absolute atomic E-state index is 0.0196. The minimum Gasteiger partial charge on any atom is -0.508 e. The van der Waals surface area contributed by atoms with Gasteiger partial charge in [0, 0.05) is 18.2 Å². The van der Waals surface area contributed by atoms with E-state index in [0.717, 1.165) is 17.7 Å². The van der Waals surface area contributed by atoms with E-state index in [2.05, 4.69) is 26.6 Å².